The highest BCUT2D eigenvalue weighted by atomic mass is 79.9. The van der Waals surface area contributed by atoms with Crippen LogP contribution in [0.25, 0.3) is 17.2 Å². The second kappa shape index (κ2) is 13.3. The maximum Gasteiger partial charge on any atom is 0.341 e. The molecule has 1 heterocycles. The molecule has 1 N–H and O–H groups in total. The summed E-state index contributed by atoms with van der Waals surface area (Å²) in [6, 6.07) is 23.1. The number of nitrogens with one attached hydrogen (secondary N) is 1. The molecule has 8 heteroatoms. The quantitative estimate of drug-likeness (QED) is 0.147. The van der Waals surface area contributed by atoms with Gasteiger partial charge in [-0.3, -0.25) is 4.79 Å². The van der Waals surface area contributed by atoms with Gasteiger partial charge in [-0.1, -0.05) is 60.7 Å². The Morgan fingerprint density at radius 2 is 1.72 bits per heavy atom. The molecule has 0 saturated carbocycles. The minimum absolute atomic E-state index is 0.233. The van der Waals surface area contributed by atoms with Crippen LogP contribution in [-0.4, -0.2) is 25.6 Å². The number of esters is 1. The summed E-state index contributed by atoms with van der Waals surface area (Å²) in [4.78, 5) is 26.7. The number of carbonyl (C=O) groups excluding carboxylic acids is 2. The predicted molar refractivity (Wildman–Crippen MR) is 160 cm³/mol. The van der Waals surface area contributed by atoms with E-state index < -0.39 is 5.97 Å². The zero-order valence-corrected chi connectivity index (χ0v) is 24.2. The Bertz CT molecular complexity index is 1480. The van der Waals surface area contributed by atoms with Gasteiger partial charge < -0.3 is 19.5 Å². The number of halogens is 1. The van der Waals surface area contributed by atoms with Crippen molar-refractivity contribution < 1.29 is 23.8 Å². The zero-order chi connectivity index (χ0) is 27.8. The van der Waals surface area contributed by atoms with Gasteiger partial charge >= 0.3 is 5.97 Å². The highest BCUT2D eigenvalue weighted by Crippen LogP contribution is 2.41. The van der Waals surface area contributed by atoms with E-state index in [2.05, 4.69) is 21.2 Å². The second-order valence-corrected chi connectivity index (χ2v) is 10.5. The van der Waals surface area contributed by atoms with Gasteiger partial charge in [-0.15, -0.1) is 11.3 Å². The summed E-state index contributed by atoms with van der Waals surface area (Å²) in [5.74, 6) is 0.261. The van der Waals surface area contributed by atoms with Crippen LogP contribution >= 0.6 is 27.3 Å². The molecular weight excluding hydrogens is 578 g/mol. The van der Waals surface area contributed by atoms with Gasteiger partial charge in [0.05, 0.1) is 18.2 Å². The number of ether oxygens (including phenoxy) is 3. The Morgan fingerprint density at radius 1 is 1.03 bits per heavy atom. The van der Waals surface area contributed by atoms with E-state index in [1.54, 1.807) is 26.2 Å². The lowest BCUT2D eigenvalue weighted by Crippen LogP contribution is -2.12. The number of rotatable bonds is 10. The van der Waals surface area contributed by atoms with Crippen LogP contribution < -0.4 is 14.8 Å². The average molecular weight is 607 g/mol. The van der Waals surface area contributed by atoms with Crippen LogP contribution in [-0.2, 0) is 16.1 Å². The first-order valence-corrected chi connectivity index (χ1v) is 13.9. The van der Waals surface area contributed by atoms with Crippen molar-refractivity contribution in [3.05, 3.63) is 105 Å². The molecule has 200 valence electrons. The number of benzene rings is 3. The molecule has 0 bridgehead atoms. The van der Waals surface area contributed by atoms with E-state index in [0.717, 1.165) is 27.1 Å². The Kier molecular flexibility index (Phi) is 9.57. The fraction of sp³-hybridized carbons (Fsp3) is 0.161. The maximum absolute atomic E-state index is 12.9. The van der Waals surface area contributed by atoms with E-state index in [1.165, 1.54) is 17.4 Å². The maximum atomic E-state index is 12.9. The summed E-state index contributed by atoms with van der Waals surface area (Å²) in [5.41, 5.74) is 3.78. The van der Waals surface area contributed by atoms with E-state index >= 15 is 0 Å². The number of hydrogen-bond donors (Lipinski definition) is 1. The molecule has 0 unspecified atom stereocenters. The molecule has 3 aromatic carbocycles. The minimum atomic E-state index is -0.472. The Labute approximate surface area is 240 Å². The summed E-state index contributed by atoms with van der Waals surface area (Å²) in [7, 11) is 1.57. The molecule has 0 aliphatic carbocycles. The molecule has 0 radical (unpaired) electrons. The molecular formula is C31H28BrNO5S. The SMILES string of the molecule is CCOC(=O)c1c(NC(=O)/C=C/c2cc(Br)c(OCc3ccccc3)c(OC)c2)sc(C)c1-c1ccccc1. The van der Waals surface area contributed by atoms with Crippen molar-refractivity contribution in [1.82, 2.24) is 0 Å². The molecule has 1 aromatic heterocycles. The Balaban J connectivity index is 1.54. The zero-order valence-electron chi connectivity index (χ0n) is 21.8. The van der Waals surface area contributed by atoms with Gasteiger partial charge in [0, 0.05) is 16.5 Å². The monoisotopic (exact) mass is 605 g/mol. The number of aryl methyl sites for hydroxylation is 1. The van der Waals surface area contributed by atoms with Crippen LogP contribution in [0, 0.1) is 6.92 Å². The van der Waals surface area contributed by atoms with Crippen molar-refractivity contribution in [2.24, 2.45) is 0 Å². The van der Waals surface area contributed by atoms with Crippen LogP contribution in [0.5, 0.6) is 11.5 Å². The van der Waals surface area contributed by atoms with Gasteiger partial charge in [0.1, 0.15) is 17.2 Å². The first-order chi connectivity index (χ1) is 18.9. The van der Waals surface area contributed by atoms with Crippen LogP contribution in [0.15, 0.2) is 83.3 Å². The van der Waals surface area contributed by atoms with Crippen LogP contribution in [0.4, 0.5) is 5.00 Å². The number of hydrogen-bond acceptors (Lipinski definition) is 6. The first-order valence-electron chi connectivity index (χ1n) is 12.3. The average Bonchev–Trinajstić information content (AvgIpc) is 3.27. The van der Waals surface area contributed by atoms with Gasteiger partial charge in [-0.25, -0.2) is 4.79 Å². The molecule has 4 aromatic rings. The lowest BCUT2D eigenvalue weighted by molar-refractivity contribution is -0.111. The van der Waals surface area contributed by atoms with E-state index in [1.807, 2.05) is 73.7 Å². The minimum Gasteiger partial charge on any atom is -0.493 e. The standard InChI is InChI=1S/C31H28BrNO5S/c1-4-37-31(35)28-27(23-13-9-6-10-14-23)20(2)39-30(28)33-26(34)16-15-22-17-24(32)29(25(18-22)36-3)38-19-21-11-7-5-8-12-21/h5-18H,4,19H2,1-3H3,(H,33,34)/b16-15+. The van der Waals surface area contributed by atoms with Crippen molar-refractivity contribution in [2.45, 2.75) is 20.5 Å². The second-order valence-electron chi connectivity index (χ2n) is 8.45. The van der Waals surface area contributed by atoms with Crippen molar-refractivity contribution >= 4 is 50.2 Å². The Hall–Kier alpha value is -3.88. The van der Waals surface area contributed by atoms with Gasteiger partial charge in [0.2, 0.25) is 5.91 Å². The lowest BCUT2D eigenvalue weighted by atomic mass is 10.0. The van der Waals surface area contributed by atoms with E-state index in [0.29, 0.717) is 33.1 Å². The molecule has 6 nitrogen and oxygen atoms in total. The number of methoxy groups -OCH3 is 1. The fourth-order valence-corrected chi connectivity index (χ4v) is 5.66. The molecule has 0 fully saturated rings. The van der Waals surface area contributed by atoms with E-state index in [4.69, 9.17) is 14.2 Å². The van der Waals surface area contributed by atoms with E-state index in [9.17, 15) is 9.59 Å². The molecule has 0 aliphatic heterocycles. The first kappa shape index (κ1) is 28.1. The van der Waals surface area contributed by atoms with E-state index in [-0.39, 0.29) is 12.5 Å². The van der Waals surface area contributed by atoms with Gasteiger partial charge in [0.15, 0.2) is 11.5 Å². The molecule has 0 atom stereocenters. The van der Waals surface area contributed by atoms with Crippen molar-refractivity contribution in [3.8, 4) is 22.6 Å². The van der Waals surface area contributed by atoms with Gasteiger partial charge in [-0.2, -0.15) is 0 Å². The third-order valence-electron chi connectivity index (χ3n) is 5.77. The lowest BCUT2D eigenvalue weighted by Gasteiger charge is -2.13. The number of amides is 1. The fourth-order valence-electron chi connectivity index (χ4n) is 4.01. The number of thiophene rings is 1. The largest absolute Gasteiger partial charge is 0.493 e. The third-order valence-corrected chi connectivity index (χ3v) is 7.38. The number of anilines is 1. The number of carbonyl (C=O) groups is 2. The molecule has 0 aliphatic rings. The molecule has 0 spiro atoms. The summed E-state index contributed by atoms with van der Waals surface area (Å²) in [6.45, 7) is 4.30. The summed E-state index contributed by atoms with van der Waals surface area (Å²) < 4.78 is 17.6. The van der Waals surface area contributed by atoms with Crippen molar-refractivity contribution in [1.29, 1.82) is 0 Å². The highest BCUT2D eigenvalue weighted by molar-refractivity contribution is 9.10. The summed E-state index contributed by atoms with van der Waals surface area (Å²) in [6.07, 6.45) is 3.09. The smallest absolute Gasteiger partial charge is 0.341 e. The van der Waals surface area contributed by atoms with Gasteiger partial charge in [-0.05, 0) is 64.7 Å². The van der Waals surface area contributed by atoms with Crippen LogP contribution in [0.3, 0.4) is 0 Å². The molecule has 1 amide bonds. The predicted octanol–water partition coefficient (Wildman–Crippen LogP) is 7.90. The van der Waals surface area contributed by atoms with Crippen LogP contribution in [0.1, 0.15) is 33.3 Å². The van der Waals surface area contributed by atoms with Crippen molar-refractivity contribution in [3.63, 3.8) is 0 Å². The van der Waals surface area contributed by atoms with Crippen LogP contribution in [0.2, 0.25) is 0 Å². The molecule has 4 rings (SSSR count). The van der Waals surface area contributed by atoms with Crippen molar-refractivity contribution in [2.75, 3.05) is 19.0 Å². The normalized spacial score (nSPS) is 10.9. The third kappa shape index (κ3) is 6.96. The summed E-state index contributed by atoms with van der Waals surface area (Å²) >= 11 is 4.90. The topological polar surface area (TPSA) is 73.9 Å². The molecule has 39 heavy (non-hydrogen) atoms. The summed E-state index contributed by atoms with van der Waals surface area (Å²) in [5, 5.41) is 3.32. The molecule has 0 saturated heterocycles. The van der Waals surface area contributed by atoms with Gasteiger partial charge in [0.25, 0.3) is 0 Å². The highest BCUT2D eigenvalue weighted by Gasteiger charge is 2.25. The Morgan fingerprint density at radius 3 is 2.38 bits per heavy atom.